The molecule has 1 aliphatic rings. The van der Waals surface area contributed by atoms with Crippen LogP contribution in [0.2, 0.25) is 0 Å². The number of aryl methyl sites for hydroxylation is 1. The van der Waals surface area contributed by atoms with E-state index in [1.54, 1.807) is 24.7 Å². The number of hydrogen-bond acceptors (Lipinski definition) is 6. The molecule has 1 amide bonds. The molecule has 3 aromatic rings. The first-order chi connectivity index (χ1) is 17.9. The second-order valence-electron chi connectivity index (χ2n) is 10.1. The average molecular weight is 856 g/mol. The zero-order valence-corrected chi connectivity index (χ0v) is 27.8. The molecule has 0 aliphatic carbocycles. The molecular weight excluding hydrogens is 825 g/mol. The molecule has 8 nitrogen and oxygen atoms in total. The number of hydrogen-bond donors (Lipinski definition) is 3. The first-order valence-corrected chi connectivity index (χ1v) is 15.8. The number of rotatable bonds is 8. The second-order valence-corrected chi connectivity index (χ2v) is 15.9. The fraction of sp³-hybridized carbons (Fsp3) is 0.407. The number of carbonyl (C=O) groups is 1. The Labute approximate surface area is 263 Å². The van der Waals surface area contributed by atoms with Crippen molar-refractivity contribution in [2.75, 3.05) is 18.4 Å². The van der Waals surface area contributed by atoms with Crippen LogP contribution in [-0.2, 0) is 6.54 Å². The molecule has 3 N–H and O–H groups in total. The number of nitrogens with one attached hydrogen (secondary N) is 1. The first kappa shape index (κ1) is 30.0. The minimum Gasteiger partial charge on any atom is -0.470 e. The molecule has 4 rings (SSSR count). The maximum Gasteiger partial charge on any atom is 0.259 e. The van der Waals surface area contributed by atoms with E-state index in [2.05, 4.69) is 83.1 Å². The summed E-state index contributed by atoms with van der Waals surface area (Å²) in [6.07, 6.45) is 1.83. The molecule has 2 heterocycles. The molecule has 1 aromatic heterocycles. The van der Waals surface area contributed by atoms with E-state index in [4.69, 9.17) is 4.74 Å². The van der Waals surface area contributed by atoms with E-state index < -0.39 is 11.7 Å². The lowest BCUT2D eigenvalue weighted by Gasteiger charge is -2.42. The van der Waals surface area contributed by atoms with Gasteiger partial charge < -0.3 is 20.3 Å². The number of anilines is 1. The largest absolute Gasteiger partial charge is 0.470 e. The van der Waals surface area contributed by atoms with Gasteiger partial charge in [0.15, 0.2) is 2.12 Å². The number of ether oxygens (including phenoxy) is 1. The first-order valence-electron chi connectivity index (χ1n) is 12.2. The molecule has 2 aromatic carbocycles. The summed E-state index contributed by atoms with van der Waals surface area (Å²) in [6.45, 7) is 7.25. The van der Waals surface area contributed by atoms with Crippen molar-refractivity contribution < 1.29 is 19.7 Å². The normalized spacial score (nSPS) is 18.6. The molecule has 0 unspecified atom stereocenters. The van der Waals surface area contributed by atoms with Crippen molar-refractivity contribution in [1.82, 2.24) is 14.7 Å². The number of benzene rings is 2. The molecule has 0 spiro atoms. The lowest BCUT2D eigenvalue weighted by molar-refractivity contribution is -0.0845. The molecule has 1 saturated heterocycles. The van der Waals surface area contributed by atoms with Gasteiger partial charge in [0.05, 0.1) is 28.6 Å². The van der Waals surface area contributed by atoms with Gasteiger partial charge in [0.1, 0.15) is 5.75 Å². The van der Waals surface area contributed by atoms with Gasteiger partial charge in [-0.3, -0.25) is 9.69 Å². The number of halogens is 3. The third kappa shape index (κ3) is 7.59. The highest BCUT2D eigenvalue weighted by Gasteiger charge is 2.37. The number of aliphatic hydroxyl groups is 2. The standard InChI is InChI=1S/C27H31I3N4O4/c1-16-21(14-34(32-16)20-8-5-18(28)6-9-20)25(36)31-19-7-4-17(24(12-19)38-26(29)30)13-33-11-10-23(35)22(15-33)27(2,3)37/h4-9,12,14,22-23,26,35,37H,10-11,13,15H2,1-3H3,(H,31,36)/t22-,23-/m1/s1. The van der Waals surface area contributed by atoms with E-state index in [0.29, 0.717) is 42.2 Å². The Hall–Kier alpha value is -1.01. The Bertz CT molecular complexity index is 1270. The molecule has 11 heteroatoms. The lowest BCUT2D eigenvalue weighted by Crippen LogP contribution is -2.51. The summed E-state index contributed by atoms with van der Waals surface area (Å²) < 4.78 is 8.85. The molecule has 38 heavy (non-hydrogen) atoms. The van der Waals surface area contributed by atoms with Gasteiger partial charge in [-0.1, -0.05) is 6.07 Å². The fourth-order valence-electron chi connectivity index (χ4n) is 4.66. The van der Waals surface area contributed by atoms with Crippen LogP contribution < -0.4 is 10.1 Å². The van der Waals surface area contributed by atoms with Crippen molar-refractivity contribution in [1.29, 1.82) is 0 Å². The van der Waals surface area contributed by atoms with Gasteiger partial charge in [-0.15, -0.1) is 0 Å². The summed E-state index contributed by atoms with van der Waals surface area (Å²) in [4.78, 5) is 15.4. The molecule has 0 bridgehead atoms. The Morgan fingerprint density at radius 1 is 1.24 bits per heavy atom. The number of aliphatic hydroxyl groups excluding tert-OH is 1. The summed E-state index contributed by atoms with van der Waals surface area (Å²) in [5.74, 6) is 0.218. The number of carbonyl (C=O) groups excluding carboxylic acids is 1. The summed E-state index contributed by atoms with van der Waals surface area (Å²) in [5.41, 5.74) is 2.68. The number of aromatic nitrogens is 2. The number of amides is 1. The molecule has 0 saturated carbocycles. The van der Waals surface area contributed by atoms with Crippen molar-refractivity contribution in [2.24, 2.45) is 5.92 Å². The topological polar surface area (TPSA) is 99.9 Å². The molecule has 204 valence electrons. The maximum atomic E-state index is 13.2. The average Bonchev–Trinajstić information content (AvgIpc) is 3.23. The van der Waals surface area contributed by atoms with Crippen LogP contribution >= 0.6 is 67.8 Å². The van der Waals surface area contributed by atoms with Gasteiger partial charge >= 0.3 is 0 Å². The van der Waals surface area contributed by atoms with Gasteiger partial charge in [-0.25, -0.2) is 4.68 Å². The number of piperidine rings is 1. The molecule has 1 fully saturated rings. The molecule has 1 aliphatic heterocycles. The van der Waals surface area contributed by atoms with Crippen LogP contribution in [0.25, 0.3) is 5.69 Å². The monoisotopic (exact) mass is 856 g/mol. The van der Waals surface area contributed by atoms with Gasteiger partial charge in [0.2, 0.25) is 0 Å². The Kier molecular flexibility index (Phi) is 9.98. The SMILES string of the molecule is Cc1nn(-c2ccc(I)cc2)cc1C(=O)Nc1ccc(CN2CC[C@@H](O)[C@H](C(C)(C)O)C2)c(OC(I)I)c1. The van der Waals surface area contributed by atoms with Crippen molar-refractivity contribution >= 4 is 79.4 Å². The van der Waals surface area contributed by atoms with Gasteiger partial charge in [0, 0.05) is 52.6 Å². The van der Waals surface area contributed by atoms with E-state index >= 15 is 0 Å². The van der Waals surface area contributed by atoms with Crippen LogP contribution in [0.4, 0.5) is 5.69 Å². The summed E-state index contributed by atoms with van der Waals surface area (Å²) in [6, 6.07) is 13.6. The van der Waals surface area contributed by atoms with E-state index in [0.717, 1.165) is 21.4 Å². The van der Waals surface area contributed by atoms with Crippen LogP contribution in [0.1, 0.15) is 41.9 Å². The van der Waals surface area contributed by atoms with Crippen LogP contribution in [0, 0.1) is 16.4 Å². The van der Waals surface area contributed by atoms with Crippen molar-refractivity contribution in [2.45, 2.75) is 47.6 Å². The van der Waals surface area contributed by atoms with E-state index in [1.807, 2.05) is 49.4 Å². The zero-order valence-electron chi connectivity index (χ0n) is 21.4. The van der Waals surface area contributed by atoms with Crippen LogP contribution in [0.3, 0.4) is 0 Å². The predicted octanol–water partition coefficient (Wildman–Crippen LogP) is 5.52. The number of nitrogens with zero attached hydrogens (tertiary/aromatic N) is 3. The van der Waals surface area contributed by atoms with Crippen molar-refractivity contribution in [3.05, 3.63) is 69.1 Å². The van der Waals surface area contributed by atoms with E-state index in [-0.39, 0.29) is 13.9 Å². The highest BCUT2D eigenvalue weighted by atomic mass is 127. The molecular formula is C27H31I3N4O4. The summed E-state index contributed by atoms with van der Waals surface area (Å²) >= 11 is 6.65. The quantitative estimate of drug-likeness (QED) is 0.204. The zero-order chi connectivity index (χ0) is 27.6. The van der Waals surface area contributed by atoms with Gasteiger partial charge in [-0.2, -0.15) is 5.10 Å². The fourth-order valence-corrected chi connectivity index (χ4v) is 5.57. The van der Waals surface area contributed by atoms with Gasteiger partial charge in [-0.05, 0) is 125 Å². The minimum atomic E-state index is -0.966. The Morgan fingerprint density at radius 3 is 2.61 bits per heavy atom. The highest BCUT2D eigenvalue weighted by molar-refractivity contribution is 14.2. The summed E-state index contributed by atoms with van der Waals surface area (Å²) in [5, 5.41) is 28.5. The third-order valence-electron chi connectivity index (χ3n) is 6.74. The second kappa shape index (κ2) is 12.7. The van der Waals surface area contributed by atoms with Crippen LogP contribution in [0.5, 0.6) is 5.75 Å². The van der Waals surface area contributed by atoms with Crippen molar-refractivity contribution in [3.63, 3.8) is 0 Å². The Balaban J connectivity index is 1.51. The summed E-state index contributed by atoms with van der Waals surface area (Å²) in [7, 11) is 0. The van der Waals surface area contributed by atoms with E-state index in [9.17, 15) is 15.0 Å². The number of likely N-dealkylation sites (tertiary alicyclic amines) is 1. The minimum absolute atomic E-state index is 0.100. The molecule has 2 atom stereocenters. The van der Waals surface area contributed by atoms with Gasteiger partial charge in [0.25, 0.3) is 5.91 Å². The van der Waals surface area contributed by atoms with Crippen LogP contribution in [0.15, 0.2) is 48.7 Å². The smallest absolute Gasteiger partial charge is 0.259 e. The molecule has 0 radical (unpaired) electrons. The Morgan fingerprint density at radius 2 is 1.95 bits per heavy atom. The van der Waals surface area contributed by atoms with Crippen LogP contribution in [-0.4, -0.2) is 57.7 Å². The lowest BCUT2D eigenvalue weighted by atomic mass is 9.82. The maximum absolute atomic E-state index is 13.2. The third-order valence-corrected chi connectivity index (χ3v) is 7.97. The van der Waals surface area contributed by atoms with Crippen molar-refractivity contribution in [3.8, 4) is 11.4 Å². The highest BCUT2D eigenvalue weighted by Crippen LogP contribution is 2.32. The number of alkyl halides is 2. The van der Waals surface area contributed by atoms with E-state index in [1.165, 1.54) is 0 Å². The predicted molar refractivity (Wildman–Crippen MR) is 174 cm³/mol.